The van der Waals surface area contributed by atoms with Gasteiger partial charge in [-0.05, 0) is 36.8 Å². The van der Waals surface area contributed by atoms with Gasteiger partial charge >= 0.3 is 0 Å². The van der Waals surface area contributed by atoms with E-state index < -0.39 is 0 Å². The fourth-order valence-corrected chi connectivity index (χ4v) is 3.62. The van der Waals surface area contributed by atoms with E-state index in [-0.39, 0.29) is 5.60 Å². The van der Waals surface area contributed by atoms with Crippen LogP contribution in [0.4, 0.5) is 5.69 Å². The molecule has 0 aliphatic carbocycles. The van der Waals surface area contributed by atoms with Crippen molar-refractivity contribution in [3.05, 3.63) is 65.7 Å². The largest absolute Gasteiger partial charge is 0.482 e. The molecule has 2 heterocycles. The van der Waals surface area contributed by atoms with Crippen LogP contribution in [0.5, 0.6) is 5.75 Å². The Morgan fingerprint density at radius 2 is 1.92 bits per heavy atom. The number of hydrogen-bond acceptors (Lipinski definition) is 3. The highest BCUT2D eigenvalue weighted by Gasteiger charge is 2.38. The lowest BCUT2D eigenvalue weighted by atomic mass is 9.88. The molecule has 4 heteroatoms. The minimum Gasteiger partial charge on any atom is -0.482 e. The van der Waals surface area contributed by atoms with Crippen molar-refractivity contribution in [3.63, 3.8) is 0 Å². The van der Waals surface area contributed by atoms with E-state index in [4.69, 9.17) is 4.74 Å². The lowest BCUT2D eigenvalue weighted by Gasteiger charge is -2.44. The lowest BCUT2D eigenvalue weighted by molar-refractivity contribution is -0.111. The van der Waals surface area contributed by atoms with Crippen LogP contribution in [0.25, 0.3) is 6.08 Å². The number of nitrogens with zero attached hydrogens (tertiary/aromatic N) is 2. The van der Waals surface area contributed by atoms with E-state index in [1.807, 2.05) is 49.4 Å². The Kier molecular flexibility index (Phi) is 4.06. The minimum absolute atomic E-state index is 0.258. The molecule has 4 rings (SSSR count). The number of fused-ring (bicyclic) bond motifs is 1. The molecule has 1 fully saturated rings. The number of hydrazine groups is 1. The molecule has 0 aromatic heterocycles. The van der Waals surface area contributed by atoms with Crippen molar-refractivity contribution >= 4 is 18.2 Å². The molecule has 4 nitrogen and oxygen atoms in total. The van der Waals surface area contributed by atoms with E-state index in [2.05, 4.69) is 23.2 Å². The zero-order chi connectivity index (χ0) is 17.3. The smallest absolute Gasteiger partial charge is 0.228 e. The van der Waals surface area contributed by atoms with Gasteiger partial charge in [0.2, 0.25) is 6.41 Å². The molecule has 0 bridgehead atoms. The number of ether oxygens (including phenoxy) is 1. The van der Waals surface area contributed by atoms with E-state index in [1.54, 1.807) is 5.01 Å². The summed E-state index contributed by atoms with van der Waals surface area (Å²) in [5, 5.41) is 3.82. The number of hydrogen-bond donors (Lipinski definition) is 0. The van der Waals surface area contributed by atoms with Crippen LogP contribution in [-0.4, -0.2) is 30.1 Å². The molecule has 1 spiro atoms. The standard InChI is InChI=1S/C21H22N2O2/c1-17-5-4-7-19(15-17)23(16-24)22-13-11-21(12-14-22)10-9-18-6-2-3-8-20(18)25-21/h2-10,15-16H,11-14H2,1H3. The predicted octanol–water partition coefficient (Wildman–Crippen LogP) is 3.81. The maximum Gasteiger partial charge on any atom is 0.228 e. The van der Waals surface area contributed by atoms with Gasteiger partial charge in [-0.3, -0.25) is 4.79 Å². The van der Waals surface area contributed by atoms with Crippen molar-refractivity contribution in [1.29, 1.82) is 0 Å². The molecule has 0 atom stereocenters. The first kappa shape index (κ1) is 15.9. The lowest BCUT2D eigenvalue weighted by Crippen LogP contribution is -2.53. The highest BCUT2D eigenvalue weighted by molar-refractivity contribution is 5.74. The van der Waals surface area contributed by atoms with E-state index >= 15 is 0 Å². The Morgan fingerprint density at radius 3 is 2.68 bits per heavy atom. The summed E-state index contributed by atoms with van der Waals surface area (Å²) in [7, 11) is 0. The van der Waals surface area contributed by atoms with Crippen LogP contribution in [0.15, 0.2) is 54.6 Å². The maximum absolute atomic E-state index is 11.7. The zero-order valence-corrected chi connectivity index (χ0v) is 14.4. The molecule has 0 unspecified atom stereocenters. The maximum atomic E-state index is 11.7. The summed E-state index contributed by atoms with van der Waals surface area (Å²) in [4.78, 5) is 11.7. The van der Waals surface area contributed by atoms with Crippen molar-refractivity contribution in [3.8, 4) is 5.75 Å². The number of amides is 1. The third kappa shape index (κ3) is 3.05. The van der Waals surface area contributed by atoms with Crippen molar-refractivity contribution in [2.45, 2.75) is 25.4 Å². The molecule has 2 aliphatic heterocycles. The zero-order valence-electron chi connectivity index (χ0n) is 14.4. The van der Waals surface area contributed by atoms with Crippen molar-refractivity contribution in [2.24, 2.45) is 0 Å². The number of carbonyl (C=O) groups is 1. The van der Waals surface area contributed by atoms with E-state index in [1.165, 1.54) is 0 Å². The van der Waals surface area contributed by atoms with Crippen molar-refractivity contribution in [2.75, 3.05) is 18.1 Å². The molecular weight excluding hydrogens is 312 g/mol. The fraction of sp³-hybridized carbons (Fsp3) is 0.286. The highest BCUT2D eigenvalue weighted by Crippen LogP contribution is 2.37. The predicted molar refractivity (Wildman–Crippen MR) is 99.4 cm³/mol. The topological polar surface area (TPSA) is 32.8 Å². The van der Waals surface area contributed by atoms with Crippen LogP contribution in [-0.2, 0) is 4.79 Å². The number of anilines is 1. The van der Waals surface area contributed by atoms with Gasteiger partial charge < -0.3 is 4.74 Å². The second-order valence-corrected chi connectivity index (χ2v) is 6.78. The molecule has 0 N–H and O–H groups in total. The van der Waals surface area contributed by atoms with Gasteiger partial charge in [0.25, 0.3) is 0 Å². The van der Waals surface area contributed by atoms with Crippen molar-refractivity contribution in [1.82, 2.24) is 5.01 Å². The van der Waals surface area contributed by atoms with Gasteiger partial charge in [-0.15, -0.1) is 0 Å². The summed E-state index contributed by atoms with van der Waals surface area (Å²) >= 11 is 0. The van der Waals surface area contributed by atoms with E-state index in [0.29, 0.717) is 0 Å². The van der Waals surface area contributed by atoms with Crippen LogP contribution in [0.1, 0.15) is 24.0 Å². The Morgan fingerprint density at radius 1 is 1.12 bits per heavy atom. The number of aryl methyl sites for hydroxylation is 1. The third-order valence-electron chi connectivity index (χ3n) is 5.06. The minimum atomic E-state index is -0.258. The van der Waals surface area contributed by atoms with Gasteiger partial charge in [0.1, 0.15) is 11.4 Å². The first-order valence-electron chi connectivity index (χ1n) is 8.72. The van der Waals surface area contributed by atoms with Crippen LogP contribution in [0.3, 0.4) is 0 Å². The number of benzene rings is 2. The Hall–Kier alpha value is -2.59. The summed E-state index contributed by atoms with van der Waals surface area (Å²) in [6.07, 6.45) is 6.96. The van der Waals surface area contributed by atoms with Crippen LogP contribution in [0, 0.1) is 6.92 Å². The molecule has 0 saturated carbocycles. The summed E-state index contributed by atoms with van der Waals surface area (Å²) < 4.78 is 6.33. The summed E-state index contributed by atoms with van der Waals surface area (Å²) in [5.41, 5.74) is 2.93. The average molecular weight is 334 g/mol. The van der Waals surface area contributed by atoms with E-state index in [0.717, 1.165) is 54.9 Å². The van der Waals surface area contributed by atoms with Gasteiger partial charge in [-0.1, -0.05) is 36.4 Å². The second kappa shape index (κ2) is 6.37. The van der Waals surface area contributed by atoms with Crippen LogP contribution >= 0.6 is 0 Å². The SMILES string of the molecule is Cc1cccc(N(C=O)N2CCC3(C=Cc4ccccc4O3)CC2)c1. The van der Waals surface area contributed by atoms with Crippen LogP contribution in [0.2, 0.25) is 0 Å². The molecule has 2 aromatic rings. The van der Waals surface area contributed by atoms with Gasteiger partial charge in [0.15, 0.2) is 0 Å². The first-order chi connectivity index (χ1) is 12.2. The molecule has 1 saturated heterocycles. The monoisotopic (exact) mass is 334 g/mol. The third-order valence-corrected chi connectivity index (χ3v) is 5.06. The summed E-state index contributed by atoms with van der Waals surface area (Å²) in [5.74, 6) is 0.948. The highest BCUT2D eigenvalue weighted by atomic mass is 16.5. The molecular formula is C21H22N2O2. The summed E-state index contributed by atoms with van der Waals surface area (Å²) in [6, 6.07) is 16.2. The molecule has 1 amide bonds. The Balaban J connectivity index is 1.49. The number of piperidine rings is 1. The van der Waals surface area contributed by atoms with Gasteiger partial charge in [-0.2, -0.15) is 0 Å². The quantitative estimate of drug-likeness (QED) is 0.800. The molecule has 25 heavy (non-hydrogen) atoms. The normalized spacial score (nSPS) is 18.4. The molecule has 2 aliphatic rings. The van der Waals surface area contributed by atoms with Gasteiger partial charge in [-0.25, -0.2) is 10.0 Å². The number of carbonyl (C=O) groups excluding carboxylic acids is 1. The number of rotatable bonds is 3. The van der Waals surface area contributed by atoms with Crippen molar-refractivity contribution < 1.29 is 9.53 Å². The van der Waals surface area contributed by atoms with Crippen LogP contribution < -0.4 is 9.75 Å². The first-order valence-corrected chi connectivity index (χ1v) is 8.72. The average Bonchev–Trinajstić information content (AvgIpc) is 2.64. The Bertz CT molecular complexity index is 807. The Labute approximate surface area is 148 Å². The molecule has 128 valence electrons. The second-order valence-electron chi connectivity index (χ2n) is 6.78. The summed E-state index contributed by atoms with van der Waals surface area (Å²) in [6.45, 7) is 3.59. The van der Waals surface area contributed by atoms with E-state index in [9.17, 15) is 4.79 Å². The number of para-hydroxylation sites is 1. The molecule has 2 aromatic carbocycles. The fourth-order valence-electron chi connectivity index (χ4n) is 3.62. The van der Waals surface area contributed by atoms with Gasteiger partial charge in [0, 0.05) is 31.5 Å². The molecule has 0 radical (unpaired) electrons. The van der Waals surface area contributed by atoms with Gasteiger partial charge in [0.05, 0.1) is 5.69 Å².